The summed E-state index contributed by atoms with van der Waals surface area (Å²) >= 11 is 1.37. The van der Waals surface area contributed by atoms with Crippen molar-refractivity contribution < 1.29 is 13.9 Å². The first-order valence-electron chi connectivity index (χ1n) is 5.74. The van der Waals surface area contributed by atoms with Crippen LogP contribution in [0.5, 0.6) is 5.75 Å². The first kappa shape index (κ1) is 13.5. The highest BCUT2D eigenvalue weighted by atomic mass is 32.1. The molecule has 0 fully saturated rings. The number of ether oxygens (including phenoxy) is 1. The Kier molecular flexibility index (Phi) is 4.46. The lowest BCUT2D eigenvalue weighted by Gasteiger charge is -2.15. The summed E-state index contributed by atoms with van der Waals surface area (Å²) in [4.78, 5) is 15.5. The summed E-state index contributed by atoms with van der Waals surface area (Å²) in [5.41, 5.74) is 2.01. The Morgan fingerprint density at radius 2 is 2.21 bits per heavy atom. The number of hydrogen-bond donors (Lipinski definition) is 1. The lowest BCUT2D eigenvalue weighted by atomic mass is 10.3. The summed E-state index contributed by atoms with van der Waals surface area (Å²) in [6.07, 6.45) is -0.215. The van der Waals surface area contributed by atoms with E-state index in [9.17, 15) is 9.18 Å². The smallest absolute Gasteiger partial charge is 0.270 e. The fourth-order valence-electron chi connectivity index (χ4n) is 1.44. The molecule has 0 aliphatic rings. The lowest BCUT2D eigenvalue weighted by molar-refractivity contribution is 0.0928. The van der Waals surface area contributed by atoms with Gasteiger partial charge in [0.25, 0.3) is 5.91 Å². The standard InChI is InChI=1S/C13H13FN2O2S/c1-9(18-11-4-2-10(14)3-5-11)6-15-13(17)12-7-19-8-16-12/h2-5,7-9H,6H2,1H3,(H,15,17)/t9-/m0/s1. The number of benzene rings is 1. The number of amides is 1. The van der Waals surface area contributed by atoms with Gasteiger partial charge in [0, 0.05) is 5.38 Å². The van der Waals surface area contributed by atoms with E-state index >= 15 is 0 Å². The fourth-order valence-corrected chi connectivity index (χ4v) is 1.97. The maximum atomic E-state index is 12.7. The van der Waals surface area contributed by atoms with Gasteiger partial charge in [-0.25, -0.2) is 9.37 Å². The predicted molar refractivity (Wildman–Crippen MR) is 70.9 cm³/mol. The molecule has 1 N–H and O–H groups in total. The van der Waals surface area contributed by atoms with Gasteiger partial charge in [-0.2, -0.15) is 0 Å². The highest BCUT2D eigenvalue weighted by Gasteiger charge is 2.10. The van der Waals surface area contributed by atoms with Crippen molar-refractivity contribution in [1.82, 2.24) is 10.3 Å². The van der Waals surface area contributed by atoms with E-state index in [0.717, 1.165) is 0 Å². The van der Waals surface area contributed by atoms with Gasteiger partial charge in [0.1, 0.15) is 23.4 Å². The van der Waals surface area contributed by atoms with Crippen molar-refractivity contribution in [2.45, 2.75) is 13.0 Å². The summed E-state index contributed by atoms with van der Waals surface area (Å²) in [5.74, 6) is 0.0319. The monoisotopic (exact) mass is 280 g/mol. The fraction of sp³-hybridized carbons (Fsp3) is 0.231. The van der Waals surface area contributed by atoms with Crippen LogP contribution in [0.25, 0.3) is 0 Å². The van der Waals surface area contributed by atoms with Crippen LogP contribution in [0.1, 0.15) is 17.4 Å². The van der Waals surface area contributed by atoms with E-state index in [2.05, 4.69) is 10.3 Å². The van der Waals surface area contributed by atoms with Gasteiger partial charge in [-0.1, -0.05) is 0 Å². The molecule has 2 rings (SSSR count). The Bertz CT molecular complexity index is 528. The molecule has 0 saturated carbocycles. The maximum Gasteiger partial charge on any atom is 0.270 e. The van der Waals surface area contributed by atoms with E-state index in [1.54, 1.807) is 23.0 Å². The SMILES string of the molecule is C[C@@H](CNC(=O)c1cscn1)Oc1ccc(F)cc1. The molecule has 0 saturated heterocycles. The molecule has 1 heterocycles. The van der Waals surface area contributed by atoms with Gasteiger partial charge in [0.05, 0.1) is 12.1 Å². The molecule has 6 heteroatoms. The predicted octanol–water partition coefficient (Wildman–Crippen LogP) is 2.48. The minimum absolute atomic E-state index is 0.215. The summed E-state index contributed by atoms with van der Waals surface area (Å²) < 4.78 is 18.3. The Morgan fingerprint density at radius 1 is 1.47 bits per heavy atom. The van der Waals surface area contributed by atoms with Gasteiger partial charge in [0.15, 0.2) is 0 Å². The van der Waals surface area contributed by atoms with E-state index < -0.39 is 0 Å². The Balaban J connectivity index is 1.80. The molecular formula is C13H13FN2O2S. The van der Waals surface area contributed by atoms with Crippen molar-refractivity contribution >= 4 is 17.2 Å². The van der Waals surface area contributed by atoms with Crippen molar-refractivity contribution in [2.24, 2.45) is 0 Å². The summed E-state index contributed by atoms with van der Waals surface area (Å²) in [5, 5.41) is 4.40. The number of aromatic nitrogens is 1. The maximum absolute atomic E-state index is 12.7. The molecule has 0 bridgehead atoms. The van der Waals surface area contributed by atoms with Crippen LogP contribution in [0, 0.1) is 5.82 Å². The third kappa shape index (κ3) is 4.03. The average molecular weight is 280 g/mol. The molecular weight excluding hydrogens is 267 g/mol. The number of halogens is 1. The third-order valence-corrected chi connectivity index (χ3v) is 2.95. The van der Waals surface area contributed by atoms with Crippen LogP contribution >= 0.6 is 11.3 Å². The molecule has 4 nitrogen and oxygen atoms in total. The second-order valence-electron chi connectivity index (χ2n) is 3.97. The third-order valence-electron chi connectivity index (χ3n) is 2.37. The Hall–Kier alpha value is -1.95. The quantitative estimate of drug-likeness (QED) is 0.915. The molecule has 1 aromatic heterocycles. The molecule has 1 atom stereocenters. The van der Waals surface area contributed by atoms with E-state index in [-0.39, 0.29) is 17.8 Å². The first-order valence-corrected chi connectivity index (χ1v) is 6.68. The van der Waals surface area contributed by atoms with Gasteiger partial charge < -0.3 is 10.1 Å². The number of hydrogen-bond acceptors (Lipinski definition) is 4. The molecule has 0 radical (unpaired) electrons. The first-order chi connectivity index (χ1) is 9.15. The minimum atomic E-state index is -0.308. The van der Waals surface area contributed by atoms with E-state index in [1.807, 2.05) is 6.92 Å². The van der Waals surface area contributed by atoms with Gasteiger partial charge in [-0.05, 0) is 31.2 Å². The van der Waals surface area contributed by atoms with Gasteiger partial charge in [0.2, 0.25) is 0 Å². The van der Waals surface area contributed by atoms with Crippen LogP contribution in [0.3, 0.4) is 0 Å². The number of nitrogens with one attached hydrogen (secondary N) is 1. The number of thiazole rings is 1. The van der Waals surface area contributed by atoms with Crippen molar-refractivity contribution in [3.05, 3.63) is 46.7 Å². The second-order valence-corrected chi connectivity index (χ2v) is 4.68. The second kappa shape index (κ2) is 6.29. The van der Waals surface area contributed by atoms with Crippen LogP contribution in [0.4, 0.5) is 4.39 Å². The zero-order chi connectivity index (χ0) is 13.7. The van der Waals surface area contributed by atoms with Crippen molar-refractivity contribution in [3.8, 4) is 5.75 Å². The molecule has 19 heavy (non-hydrogen) atoms. The normalized spacial score (nSPS) is 11.9. The van der Waals surface area contributed by atoms with Crippen molar-refractivity contribution in [2.75, 3.05) is 6.54 Å². The molecule has 2 aromatic rings. The van der Waals surface area contributed by atoms with Gasteiger partial charge >= 0.3 is 0 Å². The van der Waals surface area contributed by atoms with Crippen LogP contribution in [-0.4, -0.2) is 23.5 Å². The molecule has 1 aromatic carbocycles. The van der Waals surface area contributed by atoms with E-state index in [1.165, 1.54) is 23.5 Å². The van der Waals surface area contributed by atoms with Crippen molar-refractivity contribution in [1.29, 1.82) is 0 Å². The van der Waals surface area contributed by atoms with Crippen LogP contribution in [0.2, 0.25) is 0 Å². The van der Waals surface area contributed by atoms with E-state index in [0.29, 0.717) is 18.0 Å². The largest absolute Gasteiger partial charge is 0.489 e. The summed E-state index contributed by atoms with van der Waals surface area (Å²) in [6.45, 7) is 2.18. The molecule has 0 spiro atoms. The highest BCUT2D eigenvalue weighted by molar-refractivity contribution is 7.07. The molecule has 0 aliphatic carbocycles. The average Bonchev–Trinajstić information content (AvgIpc) is 2.93. The van der Waals surface area contributed by atoms with Crippen LogP contribution < -0.4 is 10.1 Å². The zero-order valence-corrected chi connectivity index (χ0v) is 11.1. The number of carbonyl (C=O) groups is 1. The van der Waals surface area contributed by atoms with Crippen LogP contribution in [-0.2, 0) is 0 Å². The van der Waals surface area contributed by atoms with Crippen molar-refractivity contribution in [3.63, 3.8) is 0 Å². The summed E-state index contributed by atoms with van der Waals surface area (Å²) in [7, 11) is 0. The molecule has 0 aliphatic heterocycles. The van der Waals surface area contributed by atoms with Crippen LogP contribution in [0.15, 0.2) is 35.2 Å². The molecule has 1 amide bonds. The zero-order valence-electron chi connectivity index (χ0n) is 10.3. The molecule has 0 unspecified atom stereocenters. The Morgan fingerprint density at radius 3 is 2.84 bits per heavy atom. The highest BCUT2D eigenvalue weighted by Crippen LogP contribution is 2.12. The lowest BCUT2D eigenvalue weighted by Crippen LogP contribution is -2.33. The minimum Gasteiger partial charge on any atom is -0.489 e. The molecule has 100 valence electrons. The van der Waals surface area contributed by atoms with Gasteiger partial charge in [-0.15, -0.1) is 11.3 Å². The number of carbonyl (C=O) groups excluding carboxylic acids is 1. The van der Waals surface area contributed by atoms with Gasteiger partial charge in [-0.3, -0.25) is 4.79 Å². The van der Waals surface area contributed by atoms with E-state index in [4.69, 9.17) is 4.74 Å². The topological polar surface area (TPSA) is 51.2 Å². The number of nitrogens with zero attached hydrogens (tertiary/aromatic N) is 1. The Labute approximate surface area is 114 Å². The number of rotatable bonds is 5. The summed E-state index contributed by atoms with van der Waals surface area (Å²) in [6, 6.07) is 5.76.